The van der Waals surface area contributed by atoms with E-state index in [1.807, 2.05) is 51.1 Å². The summed E-state index contributed by atoms with van der Waals surface area (Å²) >= 11 is 3.13. The highest BCUT2D eigenvalue weighted by Crippen LogP contribution is 2.47. The van der Waals surface area contributed by atoms with Crippen LogP contribution >= 0.6 is 39.4 Å². The number of fused-ring (bicyclic) bond motifs is 9. The SMILES string of the molecule is CCOP(=O)(OCC)c1ccc(Cn2c(=O)[nH]c3cnc4nc(C)ccc4c32)cc1F.CCO[P+](=O)OCC.Cc1ccc2c(ncc3[nH]c(=O)n(Cc4ccc(Br)c(F)c4)c32)n1.Cc1ccc2c(ncc3[nH]c(=O)n(Cc4ccc(P(=O)(O)O)c(F)c4)c32)n1. The highest BCUT2D eigenvalue weighted by atomic mass is 79.9. The molecule has 0 aliphatic carbocycles. The Morgan fingerprint density at radius 1 is 0.511 bits per heavy atom. The minimum atomic E-state index is -4.70. The van der Waals surface area contributed by atoms with Crippen LogP contribution in [0.5, 0.6) is 0 Å². The molecule has 12 rings (SSSR count). The van der Waals surface area contributed by atoms with Crippen LogP contribution in [-0.4, -0.2) is 94.8 Å². The van der Waals surface area contributed by atoms with Crippen LogP contribution in [-0.2, 0) is 51.4 Å². The van der Waals surface area contributed by atoms with Crippen molar-refractivity contribution in [1.29, 1.82) is 0 Å². The molecule has 0 unspecified atom stereocenters. The van der Waals surface area contributed by atoms with Gasteiger partial charge >= 0.3 is 40.5 Å². The Morgan fingerprint density at radius 2 is 0.856 bits per heavy atom. The summed E-state index contributed by atoms with van der Waals surface area (Å²) in [6, 6.07) is 23.6. The third-order valence-corrected chi connectivity index (χ3v) is 18.2. The molecule has 9 aromatic heterocycles. The summed E-state index contributed by atoms with van der Waals surface area (Å²) in [6.07, 6.45) is 4.68. The predicted molar refractivity (Wildman–Crippen MR) is 338 cm³/mol. The van der Waals surface area contributed by atoms with Crippen LogP contribution in [0.15, 0.2) is 128 Å². The number of halogens is 4. The first-order chi connectivity index (χ1) is 42.9. The second-order valence-corrected chi connectivity index (χ2v) is 25.2. The zero-order chi connectivity index (χ0) is 64.8. The fourth-order valence-electron chi connectivity index (χ4n) is 9.63. The zero-order valence-corrected chi connectivity index (χ0v) is 53.5. The van der Waals surface area contributed by atoms with Crippen LogP contribution in [0, 0.1) is 38.2 Å². The summed E-state index contributed by atoms with van der Waals surface area (Å²) in [6.45, 7) is 14.0. The normalized spacial score (nSPS) is 11.7. The molecule has 5 N–H and O–H groups in total. The second kappa shape index (κ2) is 28.3. The van der Waals surface area contributed by atoms with Gasteiger partial charge in [-0.2, -0.15) is 0 Å². The van der Waals surface area contributed by atoms with Gasteiger partial charge in [-0.15, -0.1) is 9.05 Å². The predicted octanol–water partition coefficient (Wildman–Crippen LogP) is 10.5. The molecule has 31 heteroatoms. The first-order valence-corrected chi connectivity index (χ1v) is 32.7. The van der Waals surface area contributed by atoms with E-state index in [4.69, 9.17) is 18.8 Å². The first-order valence-electron chi connectivity index (χ1n) is 27.7. The maximum Gasteiger partial charge on any atom is 0.697 e. The maximum atomic E-state index is 14.9. The van der Waals surface area contributed by atoms with Crippen molar-refractivity contribution in [2.24, 2.45) is 0 Å². The number of hydrogen-bond donors (Lipinski definition) is 5. The van der Waals surface area contributed by atoms with E-state index < -0.39 is 46.1 Å². The van der Waals surface area contributed by atoms with Crippen molar-refractivity contribution < 1.29 is 54.7 Å². The number of aromatic nitrogens is 12. The van der Waals surface area contributed by atoms with Gasteiger partial charge in [-0.05, 0) is 154 Å². The molecular formula is C59H58BrF3N12O12P3+. The number of imidazole rings is 3. The van der Waals surface area contributed by atoms with Crippen molar-refractivity contribution in [3.63, 3.8) is 0 Å². The number of nitrogens with one attached hydrogen (secondary N) is 3. The Bertz CT molecular complexity index is 4980. The van der Waals surface area contributed by atoms with Crippen molar-refractivity contribution in [3.05, 3.63) is 197 Å². The molecule has 3 aromatic carbocycles. The molecule has 0 aliphatic rings. The molecule has 9 heterocycles. The van der Waals surface area contributed by atoms with Gasteiger partial charge in [0.2, 0.25) is 0 Å². The Hall–Kier alpha value is -8.26. The molecule has 0 atom stereocenters. The Labute approximate surface area is 518 Å². The summed E-state index contributed by atoms with van der Waals surface area (Å²) < 4.78 is 102. The molecule has 0 saturated heterocycles. The van der Waals surface area contributed by atoms with Gasteiger partial charge in [0.05, 0.1) is 99.6 Å². The number of rotatable bonds is 16. The van der Waals surface area contributed by atoms with Gasteiger partial charge in [-0.1, -0.05) is 18.2 Å². The minimum Gasteiger partial charge on any atom is -0.321 e. The fourth-order valence-corrected chi connectivity index (χ4v) is 12.6. The van der Waals surface area contributed by atoms with Crippen molar-refractivity contribution >= 4 is 116 Å². The zero-order valence-electron chi connectivity index (χ0n) is 49.2. The van der Waals surface area contributed by atoms with E-state index in [0.717, 1.165) is 45.5 Å². The number of nitrogens with zero attached hydrogens (tertiary/aromatic N) is 9. The fraction of sp³-hybridized carbons (Fsp3) is 0.237. The number of pyridine rings is 6. The highest BCUT2D eigenvalue weighted by molar-refractivity contribution is 9.10. The monoisotopic (exact) mass is 1360 g/mol. The van der Waals surface area contributed by atoms with E-state index in [0.29, 0.717) is 84.3 Å². The Balaban J connectivity index is 0.000000152. The van der Waals surface area contributed by atoms with Crippen LogP contribution in [0.3, 0.4) is 0 Å². The molecule has 0 bridgehead atoms. The molecule has 0 saturated carbocycles. The highest BCUT2D eigenvalue weighted by Gasteiger charge is 2.31. The van der Waals surface area contributed by atoms with Gasteiger partial charge in [0.1, 0.15) is 30.7 Å². The van der Waals surface area contributed by atoms with E-state index in [1.54, 1.807) is 68.9 Å². The lowest BCUT2D eigenvalue weighted by Crippen LogP contribution is -2.19. The molecular weight excluding hydrogens is 1300 g/mol. The Kier molecular flexibility index (Phi) is 20.8. The molecule has 468 valence electrons. The minimum absolute atomic E-state index is 0.0180. The average molecular weight is 1360 g/mol. The summed E-state index contributed by atoms with van der Waals surface area (Å²) in [5.74, 6) is -2.08. The molecule has 0 amide bonds. The van der Waals surface area contributed by atoms with Gasteiger partial charge in [0.25, 0.3) is 0 Å². The number of aryl methyl sites for hydroxylation is 3. The molecule has 90 heavy (non-hydrogen) atoms. The van der Waals surface area contributed by atoms with E-state index in [2.05, 4.69) is 69.8 Å². The third kappa shape index (κ3) is 14.8. The number of H-pyrrole nitrogens is 3. The summed E-state index contributed by atoms with van der Waals surface area (Å²) in [5.41, 5.74) is 8.31. The quantitative estimate of drug-likeness (QED) is 0.0561. The van der Waals surface area contributed by atoms with Crippen LogP contribution in [0.1, 0.15) is 61.5 Å². The van der Waals surface area contributed by atoms with E-state index in [9.17, 15) is 41.3 Å². The molecule has 0 fully saturated rings. The lowest BCUT2D eigenvalue weighted by molar-refractivity contribution is 0.229. The van der Waals surface area contributed by atoms with Crippen LogP contribution in [0.25, 0.3) is 66.2 Å². The molecule has 0 radical (unpaired) electrons. The van der Waals surface area contributed by atoms with Gasteiger partial charge in [-0.3, -0.25) is 22.8 Å². The molecule has 0 aliphatic heterocycles. The largest absolute Gasteiger partial charge is 0.697 e. The van der Waals surface area contributed by atoms with Gasteiger partial charge < -0.3 is 33.8 Å². The van der Waals surface area contributed by atoms with Crippen molar-refractivity contribution in [3.8, 4) is 0 Å². The summed E-state index contributed by atoms with van der Waals surface area (Å²) in [4.78, 5) is 89.9. The van der Waals surface area contributed by atoms with Crippen LogP contribution < -0.4 is 27.7 Å². The number of benzene rings is 3. The van der Waals surface area contributed by atoms with Crippen LogP contribution in [0.4, 0.5) is 13.2 Å². The smallest absolute Gasteiger partial charge is 0.321 e. The van der Waals surface area contributed by atoms with E-state index in [-0.39, 0.29) is 55.3 Å². The molecule has 24 nitrogen and oxygen atoms in total. The van der Waals surface area contributed by atoms with Gasteiger partial charge in [-0.25, -0.2) is 57.5 Å². The lowest BCUT2D eigenvalue weighted by atomic mass is 10.2. The number of hydrogen-bond acceptors (Lipinski definition) is 16. The molecule has 12 aromatic rings. The van der Waals surface area contributed by atoms with Crippen molar-refractivity contribution in [2.45, 2.75) is 68.1 Å². The van der Waals surface area contributed by atoms with E-state index in [1.165, 1.54) is 39.6 Å². The first kappa shape index (κ1) is 66.2. The Morgan fingerprint density at radius 3 is 1.18 bits per heavy atom. The number of aromatic amines is 3. The second-order valence-electron chi connectivity index (χ2n) is 19.8. The van der Waals surface area contributed by atoms with Gasteiger partial charge in [0.15, 0.2) is 16.9 Å². The molecule has 0 spiro atoms. The lowest BCUT2D eigenvalue weighted by Gasteiger charge is -2.18. The van der Waals surface area contributed by atoms with E-state index >= 15 is 0 Å². The van der Waals surface area contributed by atoms with Crippen molar-refractivity contribution in [2.75, 3.05) is 26.4 Å². The topological polar surface area (TPSA) is 319 Å². The summed E-state index contributed by atoms with van der Waals surface area (Å²) in [5, 5.41) is 1.38. The summed E-state index contributed by atoms with van der Waals surface area (Å²) in [7, 11) is -10.3. The van der Waals surface area contributed by atoms with Gasteiger partial charge in [0, 0.05) is 37.8 Å². The maximum absolute atomic E-state index is 14.9. The standard InChI is InChI=1S/C21H22FN4O4P.C17H12BrFN4O.C17H14FN4O4P.C4H10O3P/c1-4-29-31(28,30-5-2)18-9-7-14(10-16(18)22)12-26-19-15-8-6-13(3)24-20(15)23-11-17(19)25-21(26)27;1-9-2-4-11-15-14(7-20-16(11)21-9)22-17(24)23(15)8-10-3-5-12(18)13(19)6-10;1-9-2-4-11-15-13(7-19-16(11)20-9)21-17(23)22(15)8-10-3-5-14(12(18)6-10)27(24,25)26;1-3-6-8(5)7-4-2/h6-11H,4-5,12H2,1-3H3,(H,25,27);2-7H,8H2,1H3,(H,22,24);2-7H,8H2,1H3,(H,21,23)(H2,24,25,26);3-4H2,1-2H3/q;;;+1. The van der Waals surface area contributed by atoms with Crippen molar-refractivity contribution in [1.82, 2.24) is 58.6 Å². The third-order valence-electron chi connectivity index (χ3n) is 13.5. The average Bonchev–Trinajstić information content (AvgIpc) is 1.60. The van der Waals surface area contributed by atoms with Crippen LogP contribution in [0.2, 0.25) is 0 Å².